The summed E-state index contributed by atoms with van der Waals surface area (Å²) in [6.45, 7) is 0.763. The van der Waals surface area contributed by atoms with Crippen molar-refractivity contribution in [2.75, 3.05) is 13.7 Å². The predicted octanol–water partition coefficient (Wildman–Crippen LogP) is 0.446. The van der Waals surface area contributed by atoms with E-state index >= 15 is 0 Å². The van der Waals surface area contributed by atoms with Gasteiger partial charge in [-0.25, -0.2) is 0 Å². The zero-order valence-corrected chi connectivity index (χ0v) is 7.99. The van der Waals surface area contributed by atoms with E-state index in [-0.39, 0.29) is 24.5 Å². The molecule has 4 heteroatoms. The van der Waals surface area contributed by atoms with Crippen LogP contribution in [0.3, 0.4) is 0 Å². The average molecular weight is 187 g/mol. The Labute approximate surface area is 78.4 Å². The number of nitrogens with two attached hydrogens (primary N) is 1. The van der Waals surface area contributed by atoms with Crippen molar-refractivity contribution >= 4 is 5.97 Å². The van der Waals surface area contributed by atoms with E-state index in [1.54, 1.807) is 0 Å². The highest BCUT2D eigenvalue weighted by molar-refractivity contribution is 5.69. The lowest BCUT2D eigenvalue weighted by Crippen LogP contribution is -2.40. The van der Waals surface area contributed by atoms with Gasteiger partial charge in [0.2, 0.25) is 0 Å². The molecule has 1 fully saturated rings. The predicted molar refractivity (Wildman–Crippen MR) is 48.2 cm³/mol. The van der Waals surface area contributed by atoms with Gasteiger partial charge in [0.25, 0.3) is 0 Å². The van der Waals surface area contributed by atoms with Crippen molar-refractivity contribution in [3.63, 3.8) is 0 Å². The molecular formula is C9H17NO3. The van der Waals surface area contributed by atoms with E-state index in [0.717, 1.165) is 25.9 Å². The molecule has 0 radical (unpaired) electrons. The Balaban J connectivity index is 2.28. The van der Waals surface area contributed by atoms with Gasteiger partial charge in [-0.3, -0.25) is 4.79 Å². The van der Waals surface area contributed by atoms with E-state index in [2.05, 4.69) is 4.74 Å². The van der Waals surface area contributed by atoms with Gasteiger partial charge in [0.15, 0.2) is 0 Å². The van der Waals surface area contributed by atoms with Crippen molar-refractivity contribution < 1.29 is 14.3 Å². The molecular weight excluding hydrogens is 170 g/mol. The number of methoxy groups -OCH3 is 1. The number of carbonyl (C=O) groups is 1. The second kappa shape index (κ2) is 5.19. The van der Waals surface area contributed by atoms with Crippen LogP contribution in [0.25, 0.3) is 0 Å². The molecule has 1 heterocycles. The minimum Gasteiger partial charge on any atom is -0.469 e. The Morgan fingerprint density at radius 1 is 1.69 bits per heavy atom. The van der Waals surface area contributed by atoms with Crippen molar-refractivity contribution in [2.45, 2.75) is 37.8 Å². The monoisotopic (exact) mass is 187 g/mol. The first-order valence-corrected chi connectivity index (χ1v) is 4.68. The van der Waals surface area contributed by atoms with Gasteiger partial charge in [-0.05, 0) is 19.3 Å². The Kier molecular flexibility index (Phi) is 4.18. The molecule has 0 amide bonds. The topological polar surface area (TPSA) is 61.5 Å². The Morgan fingerprint density at radius 3 is 3.00 bits per heavy atom. The summed E-state index contributed by atoms with van der Waals surface area (Å²) in [4.78, 5) is 10.9. The maximum Gasteiger partial charge on any atom is 0.307 e. The molecule has 2 atom stereocenters. The van der Waals surface area contributed by atoms with Gasteiger partial charge in [-0.1, -0.05) is 0 Å². The summed E-state index contributed by atoms with van der Waals surface area (Å²) in [5, 5.41) is 0. The van der Waals surface area contributed by atoms with Gasteiger partial charge in [0.1, 0.15) is 0 Å². The summed E-state index contributed by atoms with van der Waals surface area (Å²) < 4.78 is 9.99. The molecule has 0 bridgehead atoms. The standard InChI is InChI=1S/C9H17NO3/c1-12-9(11)6-7(10)8-4-2-3-5-13-8/h7-8H,2-6,10H2,1H3/t7-,8?/m1/s1. The second-order valence-electron chi connectivity index (χ2n) is 3.35. The maximum atomic E-state index is 10.9. The Hall–Kier alpha value is -0.610. The Bertz CT molecular complexity index is 166. The molecule has 1 aliphatic rings. The highest BCUT2D eigenvalue weighted by atomic mass is 16.5. The van der Waals surface area contributed by atoms with Gasteiger partial charge >= 0.3 is 5.97 Å². The number of hydrogen-bond acceptors (Lipinski definition) is 4. The summed E-state index contributed by atoms with van der Waals surface area (Å²) >= 11 is 0. The molecule has 4 nitrogen and oxygen atoms in total. The third kappa shape index (κ3) is 3.32. The first kappa shape index (κ1) is 10.5. The Morgan fingerprint density at radius 2 is 2.46 bits per heavy atom. The van der Waals surface area contributed by atoms with Crippen LogP contribution in [0, 0.1) is 0 Å². The summed E-state index contributed by atoms with van der Waals surface area (Å²) in [5.74, 6) is -0.262. The molecule has 0 aromatic rings. The molecule has 0 aromatic heterocycles. The molecule has 0 saturated carbocycles. The maximum absolute atomic E-state index is 10.9. The van der Waals surface area contributed by atoms with Gasteiger partial charge < -0.3 is 15.2 Å². The first-order valence-electron chi connectivity index (χ1n) is 4.68. The normalized spacial score (nSPS) is 25.2. The number of rotatable bonds is 3. The van der Waals surface area contributed by atoms with E-state index in [4.69, 9.17) is 10.5 Å². The van der Waals surface area contributed by atoms with Crippen LogP contribution < -0.4 is 5.73 Å². The third-order valence-electron chi connectivity index (χ3n) is 2.32. The number of esters is 1. The highest BCUT2D eigenvalue weighted by Gasteiger charge is 2.23. The SMILES string of the molecule is COC(=O)C[C@@H](N)C1CCCCO1. The van der Waals surface area contributed by atoms with Crippen molar-refractivity contribution in [1.82, 2.24) is 0 Å². The smallest absolute Gasteiger partial charge is 0.307 e. The number of hydrogen-bond donors (Lipinski definition) is 1. The first-order chi connectivity index (χ1) is 6.24. The van der Waals surface area contributed by atoms with Crippen molar-refractivity contribution in [3.05, 3.63) is 0 Å². The molecule has 76 valence electrons. The summed E-state index contributed by atoms with van der Waals surface area (Å²) in [6, 6.07) is -0.215. The third-order valence-corrected chi connectivity index (χ3v) is 2.32. The van der Waals surface area contributed by atoms with Gasteiger partial charge in [-0.2, -0.15) is 0 Å². The summed E-state index contributed by atoms with van der Waals surface area (Å²) in [7, 11) is 1.37. The van der Waals surface area contributed by atoms with E-state index < -0.39 is 0 Å². The lowest BCUT2D eigenvalue weighted by molar-refractivity contribution is -0.142. The van der Waals surface area contributed by atoms with Crippen LogP contribution in [-0.4, -0.2) is 31.8 Å². The number of ether oxygens (including phenoxy) is 2. The van der Waals surface area contributed by atoms with E-state index in [1.807, 2.05) is 0 Å². The molecule has 13 heavy (non-hydrogen) atoms. The zero-order valence-electron chi connectivity index (χ0n) is 7.99. The van der Waals surface area contributed by atoms with Crippen LogP contribution >= 0.6 is 0 Å². The molecule has 1 rings (SSSR count). The number of carbonyl (C=O) groups excluding carboxylic acids is 1. The van der Waals surface area contributed by atoms with E-state index in [0.29, 0.717) is 0 Å². The molecule has 1 unspecified atom stereocenters. The van der Waals surface area contributed by atoms with Gasteiger partial charge in [0.05, 0.1) is 19.6 Å². The molecule has 0 spiro atoms. The average Bonchev–Trinajstić information content (AvgIpc) is 2.19. The van der Waals surface area contributed by atoms with Crippen molar-refractivity contribution in [2.24, 2.45) is 5.73 Å². The van der Waals surface area contributed by atoms with E-state index in [1.165, 1.54) is 7.11 Å². The minimum absolute atomic E-state index is 0.0350. The van der Waals surface area contributed by atoms with Crippen LogP contribution in [-0.2, 0) is 14.3 Å². The lowest BCUT2D eigenvalue weighted by atomic mass is 10.0. The quantitative estimate of drug-likeness (QED) is 0.651. The minimum atomic E-state index is -0.262. The molecule has 0 aromatic carbocycles. The van der Waals surface area contributed by atoms with Gasteiger partial charge in [0, 0.05) is 12.6 Å². The summed E-state index contributed by atoms with van der Waals surface area (Å²) in [5.41, 5.74) is 5.80. The zero-order chi connectivity index (χ0) is 9.68. The molecule has 1 aliphatic heterocycles. The lowest BCUT2D eigenvalue weighted by Gasteiger charge is -2.27. The van der Waals surface area contributed by atoms with Crippen LogP contribution in [0.1, 0.15) is 25.7 Å². The molecule has 0 aliphatic carbocycles. The fourth-order valence-electron chi connectivity index (χ4n) is 1.51. The molecule has 1 saturated heterocycles. The fourth-order valence-corrected chi connectivity index (χ4v) is 1.51. The highest BCUT2D eigenvalue weighted by Crippen LogP contribution is 2.16. The van der Waals surface area contributed by atoms with Crippen molar-refractivity contribution in [1.29, 1.82) is 0 Å². The fraction of sp³-hybridized carbons (Fsp3) is 0.889. The van der Waals surface area contributed by atoms with Crippen LogP contribution in [0.5, 0.6) is 0 Å². The van der Waals surface area contributed by atoms with E-state index in [9.17, 15) is 4.79 Å². The van der Waals surface area contributed by atoms with Gasteiger partial charge in [-0.15, -0.1) is 0 Å². The van der Waals surface area contributed by atoms with Crippen LogP contribution in [0.15, 0.2) is 0 Å². The van der Waals surface area contributed by atoms with Crippen LogP contribution in [0.4, 0.5) is 0 Å². The van der Waals surface area contributed by atoms with Crippen molar-refractivity contribution in [3.8, 4) is 0 Å². The molecule has 2 N–H and O–H groups in total. The second-order valence-corrected chi connectivity index (χ2v) is 3.35. The largest absolute Gasteiger partial charge is 0.469 e. The summed E-state index contributed by atoms with van der Waals surface area (Å²) in [6.07, 6.45) is 3.48. The van der Waals surface area contributed by atoms with Crippen LogP contribution in [0.2, 0.25) is 0 Å².